The lowest BCUT2D eigenvalue weighted by atomic mass is 10.2. The van der Waals surface area contributed by atoms with Crippen molar-refractivity contribution < 1.29 is 9.50 Å². The Labute approximate surface area is 142 Å². The molecule has 0 spiro atoms. The third-order valence-electron chi connectivity index (χ3n) is 2.96. The topological polar surface area (TPSA) is 56.7 Å². The average molecular weight is 378 g/mol. The average Bonchev–Trinajstić information content (AvgIpc) is 2.55. The van der Waals surface area contributed by atoms with E-state index in [1.807, 2.05) is 0 Å². The highest BCUT2D eigenvalue weighted by Gasteiger charge is 2.04. The molecule has 2 rings (SSSR count). The van der Waals surface area contributed by atoms with E-state index >= 15 is 0 Å². The molecule has 0 saturated carbocycles. The number of aliphatic imine (C=N–C) groups is 1. The van der Waals surface area contributed by atoms with Crippen molar-refractivity contribution in [1.29, 1.82) is 0 Å². The van der Waals surface area contributed by atoms with Crippen LogP contribution in [0.1, 0.15) is 5.56 Å². The molecule has 4 nitrogen and oxygen atoms in total. The van der Waals surface area contributed by atoms with Gasteiger partial charge in [-0.1, -0.05) is 22.0 Å². The van der Waals surface area contributed by atoms with Crippen LogP contribution in [0.25, 0.3) is 0 Å². The number of halogens is 2. The molecule has 0 amide bonds. The van der Waals surface area contributed by atoms with Crippen molar-refractivity contribution in [3.8, 4) is 5.75 Å². The van der Waals surface area contributed by atoms with Gasteiger partial charge in [0, 0.05) is 22.3 Å². The highest BCUT2D eigenvalue weighted by atomic mass is 79.9. The monoisotopic (exact) mass is 377 g/mol. The van der Waals surface area contributed by atoms with E-state index in [-0.39, 0.29) is 18.1 Å². The summed E-state index contributed by atoms with van der Waals surface area (Å²) in [6.07, 6.45) is 1.70. The largest absolute Gasteiger partial charge is 0.508 e. The number of anilines is 1. The maximum atomic E-state index is 13.8. The number of rotatable bonds is 5. The number of phenolic OH excluding ortho intramolecular Hbond substituents is 1. The zero-order valence-electron chi connectivity index (χ0n) is 12.4. The number of benzene rings is 2. The first-order valence-corrected chi connectivity index (χ1v) is 7.77. The zero-order chi connectivity index (χ0) is 16.7. The summed E-state index contributed by atoms with van der Waals surface area (Å²) in [7, 11) is 0. The summed E-state index contributed by atoms with van der Waals surface area (Å²) in [6, 6.07) is 11.3. The molecule has 0 aliphatic rings. The van der Waals surface area contributed by atoms with Gasteiger partial charge in [-0.2, -0.15) is 0 Å². The van der Waals surface area contributed by atoms with E-state index in [0.717, 1.165) is 10.2 Å². The fourth-order valence-corrected chi connectivity index (χ4v) is 2.23. The van der Waals surface area contributed by atoms with Crippen molar-refractivity contribution in [3.05, 3.63) is 71.0 Å². The molecule has 0 aromatic heterocycles. The minimum absolute atomic E-state index is 0.185. The summed E-state index contributed by atoms with van der Waals surface area (Å²) in [5.41, 5.74) is 1.25. The number of nitrogens with one attached hydrogen (secondary N) is 2. The minimum atomic E-state index is -0.301. The number of hydrogen-bond acceptors (Lipinski definition) is 2. The Morgan fingerprint density at radius 3 is 2.70 bits per heavy atom. The van der Waals surface area contributed by atoms with Crippen molar-refractivity contribution in [2.24, 2.45) is 4.99 Å². The van der Waals surface area contributed by atoms with Crippen LogP contribution < -0.4 is 10.6 Å². The molecule has 2 aromatic rings. The molecule has 6 heteroatoms. The summed E-state index contributed by atoms with van der Waals surface area (Å²) in [5.74, 6) is 0.379. The van der Waals surface area contributed by atoms with Crippen LogP contribution in [0.5, 0.6) is 5.75 Å². The van der Waals surface area contributed by atoms with E-state index in [0.29, 0.717) is 18.1 Å². The van der Waals surface area contributed by atoms with E-state index in [4.69, 9.17) is 0 Å². The molecule has 0 fully saturated rings. The third-order valence-corrected chi connectivity index (χ3v) is 3.45. The lowest BCUT2D eigenvalue weighted by molar-refractivity contribution is 0.475. The lowest BCUT2D eigenvalue weighted by Gasteiger charge is -2.12. The number of nitrogens with zero attached hydrogens (tertiary/aromatic N) is 1. The molecule has 0 saturated heterocycles. The van der Waals surface area contributed by atoms with E-state index in [2.05, 4.69) is 38.1 Å². The summed E-state index contributed by atoms with van der Waals surface area (Å²) in [5, 5.41) is 15.5. The van der Waals surface area contributed by atoms with E-state index < -0.39 is 0 Å². The minimum Gasteiger partial charge on any atom is -0.508 e. The number of phenols is 1. The SMILES string of the molecule is C=CCNC(=NCc1cc(Br)ccc1F)Nc1ccc(O)cc1. The first kappa shape index (κ1) is 17.0. The highest BCUT2D eigenvalue weighted by molar-refractivity contribution is 9.10. The number of guanidine groups is 1. The number of aromatic hydroxyl groups is 1. The van der Waals surface area contributed by atoms with Crippen LogP contribution in [0.15, 0.2) is 64.6 Å². The van der Waals surface area contributed by atoms with Crippen LogP contribution >= 0.6 is 15.9 Å². The molecule has 0 heterocycles. The Hall–Kier alpha value is -2.34. The predicted molar refractivity (Wildman–Crippen MR) is 95.2 cm³/mol. The van der Waals surface area contributed by atoms with Gasteiger partial charge in [0.15, 0.2) is 5.96 Å². The Bertz CT molecular complexity index is 701. The molecule has 0 aliphatic carbocycles. The van der Waals surface area contributed by atoms with Gasteiger partial charge in [0.2, 0.25) is 0 Å². The molecule has 0 aliphatic heterocycles. The van der Waals surface area contributed by atoms with E-state index in [9.17, 15) is 9.50 Å². The Morgan fingerprint density at radius 1 is 1.26 bits per heavy atom. The third kappa shape index (κ3) is 5.41. The van der Waals surface area contributed by atoms with Crippen LogP contribution in [-0.4, -0.2) is 17.6 Å². The Kier molecular flexibility index (Phi) is 6.17. The first-order chi connectivity index (χ1) is 11.1. The predicted octanol–water partition coefficient (Wildman–Crippen LogP) is 4.04. The van der Waals surface area contributed by atoms with E-state index in [1.165, 1.54) is 6.07 Å². The van der Waals surface area contributed by atoms with Gasteiger partial charge in [-0.15, -0.1) is 6.58 Å². The van der Waals surface area contributed by atoms with Crippen molar-refractivity contribution in [2.45, 2.75) is 6.54 Å². The lowest BCUT2D eigenvalue weighted by Crippen LogP contribution is -2.31. The summed E-state index contributed by atoms with van der Waals surface area (Å²) in [6.45, 7) is 4.36. The molecule has 3 N–H and O–H groups in total. The molecule has 0 atom stereocenters. The zero-order valence-corrected chi connectivity index (χ0v) is 14.0. The summed E-state index contributed by atoms with van der Waals surface area (Å²) in [4.78, 5) is 4.37. The Balaban J connectivity index is 2.14. The molecule has 0 bridgehead atoms. The van der Waals surface area contributed by atoms with Crippen LogP contribution in [0, 0.1) is 5.82 Å². The molecule has 23 heavy (non-hydrogen) atoms. The van der Waals surface area contributed by atoms with Crippen molar-refractivity contribution in [3.63, 3.8) is 0 Å². The van der Waals surface area contributed by atoms with Crippen LogP contribution in [0.4, 0.5) is 10.1 Å². The maximum absolute atomic E-state index is 13.8. The van der Waals surface area contributed by atoms with Gasteiger partial charge in [-0.25, -0.2) is 9.38 Å². The van der Waals surface area contributed by atoms with Gasteiger partial charge < -0.3 is 15.7 Å². The molecule has 0 unspecified atom stereocenters. The first-order valence-electron chi connectivity index (χ1n) is 6.97. The van der Waals surface area contributed by atoms with Crippen LogP contribution in [0.3, 0.4) is 0 Å². The van der Waals surface area contributed by atoms with Gasteiger partial charge in [-0.05, 0) is 42.5 Å². The molecular weight excluding hydrogens is 361 g/mol. The van der Waals surface area contributed by atoms with Gasteiger partial charge in [0.25, 0.3) is 0 Å². The van der Waals surface area contributed by atoms with Crippen molar-refractivity contribution in [2.75, 3.05) is 11.9 Å². The quantitative estimate of drug-likeness (QED) is 0.319. The van der Waals surface area contributed by atoms with Crippen LogP contribution in [-0.2, 0) is 6.54 Å². The standard InChI is InChI=1S/C17H17BrFN3O/c1-2-9-20-17(22-14-4-6-15(23)7-5-14)21-11-12-10-13(18)3-8-16(12)19/h2-8,10,23H,1,9,11H2,(H2,20,21,22). The fraction of sp³-hybridized carbons (Fsp3) is 0.118. The second-order valence-electron chi connectivity index (χ2n) is 4.74. The maximum Gasteiger partial charge on any atom is 0.196 e. The van der Waals surface area contributed by atoms with Crippen LogP contribution in [0.2, 0.25) is 0 Å². The Morgan fingerprint density at radius 2 is 2.00 bits per heavy atom. The molecule has 2 aromatic carbocycles. The molecule has 120 valence electrons. The highest BCUT2D eigenvalue weighted by Crippen LogP contribution is 2.17. The van der Waals surface area contributed by atoms with Crippen molar-refractivity contribution in [1.82, 2.24) is 5.32 Å². The van der Waals surface area contributed by atoms with Gasteiger partial charge >= 0.3 is 0 Å². The summed E-state index contributed by atoms with van der Waals surface area (Å²) < 4.78 is 14.6. The summed E-state index contributed by atoms with van der Waals surface area (Å²) >= 11 is 3.32. The second kappa shape index (κ2) is 8.33. The van der Waals surface area contributed by atoms with E-state index in [1.54, 1.807) is 42.5 Å². The van der Waals surface area contributed by atoms with Gasteiger partial charge in [-0.3, -0.25) is 0 Å². The van der Waals surface area contributed by atoms with Crippen molar-refractivity contribution >= 4 is 27.6 Å². The second-order valence-corrected chi connectivity index (χ2v) is 5.66. The fourth-order valence-electron chi connectivity index (χ4n) is 1.82. The number of hydrogen-bond donors (Lipinski definition) is 3. The molecule has 0 radical (unpaired) electrons. The molecular formula is C17H17BrFN3O. The smallest absolute Gasteiger partial charge is 0.196 e. The van der Waals surface area contributed by atoms with Gasteiger partial charge in [0.05, 0.1) is 6.54 Å². The van der Waals surface area contributed by atoms with Gasteiger partial charge in [0.1, 0.15) is 11.6 Å². The normalized spacial score (nSPS) is 11.1.